The highest BCUT2D eigenvalue weighted by Gasteiger charge is 2.13. The van der Waals surface area contributed by atoms with Gasteiger partial charge in [0.05, 0.1) is 6.54 Å². The summed E-state index contributed by atoms with van der Waals surface area (Å²) >= 11 is 1.48. The van der Waals surface area contributed by atoms with Crippen molar-refractivity contribution in [2.75, 3.05) is 13.2 Å². The fourth-order valence-electron chi connectivity index (χ4n) is 3.16. The van der Waals surface area contributed by atoms with E-state index in [1.54, 1.807) is 4.52 Å². The number of fused-ring (bicyclic) bond motifs is 1. The van der Waals surface area contributed by atoms with E-state index in [0.717, 1.165) is 22.7 Å². The molecule has 0 unspecified atom stereocenters. The molecule has 2 aromatic heterocycles. The number of nitrogens with one attached hydrogen (secondary N) is 1. The van der Waals surface area contributed by atoms with Gasteiger partial charge in [0.15, 0.2) is 0 Å². The molecular weight excluding hydrogens is 410 g/mol. The lowest BCUT2D eigenvalue weighted by atomic mass is 10.1. The van der Waals surface area contributed by atoms with E-state index in [4.69, 9.17) is 4.74 Å². The number of nitrogens with zero attached hydrogens (tertiary/aromatic N) is 4. The zero-order valence-corrected chi connectivity index (χ0v) is 18.2. The van der Waals surface area contributed by atoms with E-state index in [2.05, 4.69) is 20.4 Å². The number of benzene rings is 2. The van der Waals surface area contributed by atoms with Crippen LogP contribution in [0.5, 0.6) is 5.75 Å². The predicted octanol–water partition coefficient (Wildman–Crippen LogP) is 3.84. The van der Waals surface area contributed by atoms with E-state index in [9.17, 15) is 4.79 Å². The third-order valence-corrected chi connectivity index (χ3v) is 5.50. The Kier molecular flexibility index (Phi) is 6.47. The summed E-state index contributed by atoms with van der Waals surface area (Å²) in [7, 11) is 0. The number of hydrogen-bond donors (Lipinski definition) is 1. The van der Waals surface area contributed by atoms with Crippen LogP contribution in [-0.2, 0) is 5.75 Å². The van der Waals surface area contributed by atoms with E-state index in [-0.39, 0.29) is 5.91 Å². The monoisotopic (exact) mass is 433 g/mol. The van der Waals surface area contributed by atoms with Gasteiger partial charge in [0, 0.05) is 22.7 Å². The molecule has 4 rings (SSSR count). The molecule has 158 valence electrons. The van der Waals surface area contributed by atoms with E-state index in [0.29, 0.717) is 35.4 Å². The molecule has 1 N–H and O–H groups in total. The van der Waals surface area contributed by atoms with Gasteiger partial charge in [-0.2, -0.15) is 4.98 Å². The number of ether oxygens (including phenoxy) is 1. The highest BCUT2D eigenvalue weighted by atomic mass is 32.2. The topological polar surface area (TPSA) is 81.4 Å². The second kappa shape index (κ2) is 9.61. The number of hydrogen-bond acceptors (Lipinski definition) is 6. The van der Waals surface area contributed by atoms with E-state index in [1.165, 1.54) is 11.8 Å². The van der Waals surface area contributed by atoms with Crippen LogP contribution >= 0.6 is 11.8 Å². The Morgan fingerprint density at radius 1 is 1.06 bits per heavy atom. The standard InChI is InChI=1S/C23H23N5O2S/c1-16-14-17(2)28-22(25-16)26-23(27-28)31-15-18-8-6-7-11-20(18)21(29)24-12-13-30-19-9-4-3-5-10-19/h3-11,14H,12-13,15H2,1-2H3,(H,24,29). The largest absolute Gasteiger partial charge is 0.492 e. The number of aromatic nitrogens is 4. The van der Waals surface area contributed by atoms with Crippen LogP contribution in [0.15, 0.2) is 65.8 Å². The van der Waals surface area contributed by atoms with E-state index >= 15 is 0 Å². The van der Waals surface area contributed by atoms with Gasteiger partial charge in [0.2, 0.25) is 5.16 Å². The van der Waals surface area contributed by atoms with Crippen molar-refractivity contribution in [3.05, 3.63) is 83.2 Å². The molecule has 4 aromatic rings. The van der Waals surface area contributed by atoms with Gasteiger partial charge in [-0.25, -0.2) is 9.50 Å². The molecule has 0 aliphatic heterocycles. The first kappa shape index (κ1) is 20.9. The number of carbonyl (C=O) groups is 1. The lowest BCUT2D eigenvalue weighted by Gasteiger charge is -2.10. The highest BCUT2D eigenvalue weighted by Crippen LogP contribution is 2.22. The summed E-state index contributed by atoms with van der Waals surface area (Å²) in [6.07, 6.45) is 0. The van der Waals surface area contributed by atoms with Gasteiger partial charge < -0.3 is 10.1 Å². The molecule has 0 saturated heterocycles. The Balaban J connectivity index is 1.36. The Bertz CT molecular complexity index is 1190. The van der Waals surface area contributed by atoms with Gasteiger partial charge in [-0.3, -0.25) is 4.79 Å². The molecule has 1 amide bonds. The molecule has 7 nitrogen and oxygen atoms in total. The minimum Gasteiger partial charge on any atom is -0.492 e. The molecule has 0 radical (unpaired) electrons. The second-order valence-electron chi connectivity index (χ2n) is 7.01. The summed E-state index contributed by atoms with van der Waals surface area (Å²) in [5.41, 5.74) is 3.46. The van der Waals surface area contributed by atoms with Crippen LogP contribution in [0.3, 0.4) is 0 Å². The average Bonchev–Trinajstić information content (AvgIpc) is 3.19. The number of thioether (sulfide) groups is 1. The molecule has 8 heteroatoms. The third kappa shape index (κ3) is 5.21. The van der Waals surface area contributed by atoms with Crippen molar-refractivity contribution in [1.82, 2.24) is 24.9 Å². The van der Waals surface area contributed by atoms with Gasteiger partial charge in [-0.1, -0.05) is 48.2 Å². The maximum Gasteiger partial charge on any atom is 0.253 e. The summed E-state index contributed by atoms with van der Waals surface area (Å²) in [6, 6.07) is 19.1. The molecule has 0 aliphatic rings. The highest BCUT2D eigenvalue weighted by molar-refractivity contribution is 7.98. The van der Waals surface area contributed by atoms with Crippen molar-refractivity contribution >= 4 is 23.4 Å². The molecule has 2 aromatic carbocycles. The van der Waals surface area contributed by atoms with Crippen molar-refractivity contribution in [2.24, 2.45) is 0 Å². The molecule has 0 fully saturated rings. The first-order valence-electron chi connectivity index (χ1n) is 9.98. The maximum atomic E-state index is 12.7. The average molecular weight is 434 g/mol. The van der Waals surface area contributed by atoms with Crippen molar-refractivity contribution in [3.8, 4) is 5.75 Å². The fourth-order valence-corrected chi connectivity index (χ4v) is 3.99. The Morgan fingerprint density at radius 3 is 2.68 bits per heavy atom. The van der Waals surface area contributed by atoms with E-state index < -0.39 is 0 Å². The minimum absolute atomic E-state index is 0.121. The van der Waals surface area contributed by atoms with Gasteiger partial charge in [-0.05, 0) is 43.7 Å². The summed E-state index contributed by atoms with van der Waals surface area (Å²) in [5, 5.41) is 8.08. The van der Waals surface area contributed by atoms with Crippen LogP contribution in [0.25, 0.3) is 5.78 Å². The number of carbonyl (C=O) groups excluding carboxylic acids is 1. The Morgan fingerprint density at radius 2 is 1.84 bits per heavy atom. The second-order valence-corrected chi connectivity index (χ2v) is 7.95. The first-order valence-corrected chi connectivity index (χ1v) is 11.0. The first-order chi connectivity index (χ1) is 15.1. The molecule has 31 heavy (non-hydrogen) atoms. The number of aryl methyl sites for hydroxylation is 2. The van der Waals surface area contributed by atoms with Gasteiger partial charge in [0.25, 0.3) is 11.7 Å². The van der Waals surface area contributed by atoms with Gasteiger partial charge in [-0.15, -0.1) is 5.10 Å². The molecule has 0 aliphatic carbocycles. The lowest BCUT2D eigenvalue weighted by Crippen LogP contribution is -2.28. The van der Waals surface area contributed by atoms with Crippen molar-refractivity contribution in [3.63, 3.8) is 0 Å². The number of amides is 1. The molecule has 0 saturated carbocycles. The fraction of sp³-hybridized carbons (Fsp3) is 0.217. The smallest absolute Gasteiger partial charge is 0.253 e. The molecule has 0 spiro atoms. The van der Waals surface area contributed by atoms with Crippen LogP contribution < -0.4 is 10.1 Å². The van der Waals surface area contributed by atoms with Crippen LogP contribution in [0, 0.1) is 13.8 Å². The van der Waals surface area contributed by atoms with Crippen LogP contribution in [-0.4, -0.2) is 38.6 Å². The molecule has 0 bridgehead atoms. The van der Waals surface area contributed by atoms with Gasteiger partial charge in [0.1, 0.15) is 12.4 Å². The summed E-state index contributed by atoms with van der Waals surface area (Å²) in [4.78, 5) is 21.6. The third-order valence-electron chi connectivity index (χ3n) is 4.62. The van der Waals surface area contributed by atoms with Crippen LogP contribution in [0.1, 0.15) is 27.3 Å². The van der Waals surface area contributed by atoms with Crippen LogP contribution in [0.4, 0.5) is 0 Å². The molecule has 0 atom stereocenters. The molecular formula is C23H23N5O2S. The van der Waals surface area contributed by atoms with Crippen molar-refractivity contribution < 1.29 is 9.53 Å². The van der Waals surface area contributed by atoms with Crippen LogP contribution in [0.2, 0.25) is 0 Å². The minimum atomic E-state index is -0.121. The van der Waals surface area contributed by atoms with Gasteiger partial charge >= 0.3 is 0 Å². The molecule has 2 heterocycles. The quantitative estimate of drug-likeness (QED) is 0.336. The Hall–Kier alpha value is -3.39. The number of para-hydroxylation sites is 1. The van der Waals surface area contributed by atoms with Crippen molar-refractivity contribution in [1.29, 1.82) is 0 Å². The maximum absolute atomic E-state index is 12.7. The SMILES string of the molecule is Cc1cc(C)n2nc(SCc3ccccc3C(=O)NCCOc3ccccc3)nc2n1. The van der Waals surface area contributed by atoms with E-state index in [1.807, 2.05) is 74.5 Å². The summed E-state index contributed by atoms with van der Waals surface area (Å²) in [5.74, 6) is 1.83. The zero-order valence-electron chi connectivity index (χ0n) is 17.4. The normalized spacial score (nSPS) is 10.9. The summed E-state index contributed by atoms with van der Waals surface area (Å²) in [6.45, 7) is 4.75. The zero-order chi connectivity index (χ0) is 21.6. The predicted molar refractivity (Wildman–Crippen MR) is 121 cm³/mol. The van der Waals surface area contributed by atoms with Crippen molar-refractivity contribution in [2.45, 2.75) is 24.8 Å². The summed E-state index contributed by atoms with van der Waals surface area (Å²) < 4.78 is 7.37. The lowest BCUT2D eigenvalue weighted by molar-refractivity contribution is 0.0946. The Labute approximate surface area is 184 Å². The number of rotatable bonds is 8.